The van der Waals surface area contributed by atoms with Crippen molar-refractivity contribution >= 4 is 6.03 Å². The first-order valence-corrected chi connectivity index (χ1v) is 7.82. The molecule has 1 fully saturated rings. The third-order valence-corrected chi connectivity index (χ3v) is 4.18. The highest BCUT2D eigenvalue weighted by Gasteiger charge is 2.42. The van der Waals surface area contributed by atoms with Gasteiger partial charge in [0.05, 0.1) is 12.1 Å². The minimum atomic E-state index is -0.500. The molecule has 5 heteroatoms. The summed E-state index contributed by atoms with van der Waals surface area (Å²) in [5, 5.41) is 15.3. The van der Waals surface area contributed by atoms with Crippen molar-refractivity contribution < 1.29 is 9.90 Å². The van der Waals surface area contributed by atoms with E-state index in [1.165, 1.54) is 5.56 Å². The Morgan fingerprint density at radius 2 is 1.86 bits per heavy atom. The van der Waals surface area contributed by atoms with Crippen molar-refractivity contribution in [2.45, 2.75) is 38.4 Å². The molecule has 22 heavy (non-hydrogen) atoms. The Hall–Kier alpha value is -1.59. The quantitative estimate of drug-likeness (QED) is 0.718. The Kier molecular flexibility index (Phi) is 5.42. The SMILES string of the molecule is CN(C)Cc1ccc(CNC(=O)NC(C)(CO)C2CC2)cc1. The van der Waals surface area contributed by atoms with Gasteiger partial charge in [0, 0.05) is 13.1 Å². The molecule has 1 aliphatic carbocycles. The number of amides is 2. The van der Waals surface area contributed by atoms with Crippen LogP contribution in [0.2, 0.25) is 0 Å². The Morgan fingerprint density at radius 1 is 1.27 bits per heavy atom. The number of carbonyl (C=O) groups excluding carboxylic acids is 1. The molecule has 122 valence electrons. The van der Waals surface area contributed by atoms with E-state index in [1.54, 1.807) is 0 Å². The van der Waals surface area contributed by atoms with Gasteiger partial charge in [-0.05, 0) is 50.9 Å². The molecule has 1 saturated carbocycles. The van der Waals surface area contributed by atoms with Crippen molar-refractivity contribution in [1.29, 1.82) is 0 Å². The maximum absolute atomic E-state index is 12.0. The van der Waals surface area contributed by atoms with E-state index in [9.17, 15) is 9.90 Å². The molecule has 0 saturated heterocycles. The predicted octanol–water partition coefficient (Wildman–Crippen LogP) is 1.71. The maximum atomic E-state index is 12.0. The molecule has 5 nitrogen and oxygen atoms in total. The summed E-state index contributed by atoms with van der Waals surface area (Å²) in [7, 11) is 4.08. The average molecular weight is 305 g/mol. The predicted molar refractivity (Wildman–Crippen MR) is 87.4 cm³/mol. The summed E-state index contributed by atoms with van der Waals surface area (Å²) in [6.07, 6.45) is 2.15. The number of hydrogen-bond donors (Lipinski definition) is 3. The number of benzene rings is 1. The van der Waals surface area contributed by atoms with Gasteiger partial charge in [-0.25, -0.2) is 4.79 Å². The molecule has 1 aliphatic rings. The molecular formula is C17H27N3O2. The van der Waals surface area contributed by atoms with Crippen LogP contribution in [0.15, 0.2) is 24.3 Å². The summed E-state index contributed by atoms with van der Waals surface area (Å²) in [6.45, 7) is 3.27. The molecule has 0 heterocycles. The van der Waals surface area contributed by atoms with Gasteiger partial charge in [0.2, 0.25) is 0 Å². The van der Waals surface area contributed by atoms with E-state index in [1.807, 2.05) is 33.2 Å². The van der Waals surface area contributed by atoms with Crippen LogP contribution in [-0.4, -0.2) is 42.3 Å². The van der Waals surface area contributed by atoms with Gasteiger partial charge in [-0.2, -0.15) is 0 Å². The third-order valence-electron chi connectivity index (χ3n) is 4.18. The van der Waals surface area contributed by atoms with Gasteiger partial charge in [-0.15, -0.1) is 0 Å². The average Bonchev–Trinajstić information content (AvgIpc) is 3.31. The van der Waals surface area contributed by atoms with Gasteiger partial charge < -0.3 is 20.6 Å². The zero-order valence-corrected chi connectivity index (χ0v) is 13.7. The van der Waals surface area contributed by atoms with E-state index in [4.69, 9.17) is 0 Å². The van der Waals surface area contributed by atoms with Gasteiger partial charge in [0.15, 0.2) is 0 Å². The molecule has 2 amide bonds. The lowest BCUT2D eigenvalue weighted by Crippen LogP contribution is -2.53. The molecule has 0 bridgehead atoms. The number of nitrogens with one attached hydrogen (secondary N) is 2. The Balaban J connectivity index is 1.80. The van der Waals surface area contributed by atoms with Gasteiger partial charge in [0.25, 0.3) is 0 Å². The monoisotopic (exact) mass is 305 g/mol. The number of carbonyl (C=O) groups is 1. The standard InChI is InChI=1S/C17H27N3O2/c1-17(12-21,15-8-9-15)19-16(22)18-10-13-4-6-14(7-5-13)11-20(2)3/h4-7,15,21H,8-12H2,1-3H3,(H2,18,19,22). The molecule has 3 N–H and O–H groups in total. The third kappa shape index (κ3) is 4.71. The van der Waals surface area contributed by atoms with Crippen LogP contribution in [0.3, 0.4) is 0 Å². The molecule has 1 aromatic rings. The molecule has 0 spiro atoms. The Morgan fingerprint density at radius 3 is 2.36 bits per heavy atom. The van der Waals surface area contributed by atoms with E-state index in [0.717, 1.165) is 24.9 Å². The van der Waals surface area contributed by atoms with E-state index < -0.39 is 5.54 Å². The number of aliphatic hydroxyl groups is 1. The number of rotatable bonds is 7. The second-order valence-corrected chi connectivity index (χ2v) is 6.71. The normalized spacial score (nSPS) is 17.1. The lowest BCUT2D eigenvalue weighted by Gasteiger charge is -2.28. The van der Waals surface area contributed by atoms with Crippen LogP contribution >= 0.6 is 0 Å². The molecule has 0 aliphatic heterocycles. The number of hydrogen-bond acceptors (Lipinski definition) is 3. The van der Waals surface area contributed by atoms with Crippen LogP contribution in [0.25, 0.3) is 0 Å². The van der Waals surface area contributed by atoms with Gasteiger partial charge in [-0.1, -0.05) is 24.3 Å². The summed E-state index contributed by atoms with van der Waals surface area (Å²) in [5.41, 5.74) is 1.81. The van der Waals surface area contributed by atoms with Crippen molar-refractivity contribution in [3.63, 3.8) is 0 Å². The molecular weight excluding hydrogens is 278 g/mol. The molecule has 0 radical (unpaired) electrons. The van der Waals surface area contributed by atoms with Crippen LogP contribution in [0.1, 0.15) is 30.9 Å². The van der Waals surface area contributed by atoms with Crippen LogP contribution in [0, 0.1) is 5.92 Å². The minimum Gasteiger partial charge on any atom is -0.394 e. The van der Waals surface area contributed by atoms with E-state index in [2.05, 4.69) is 27.7 Å². The number of nitrogens with zero attached hydrogens (tertiary/aromatic N) is 1. The largest absolute Gasteiger partial charge is 0.394 e. The van der Waals surface area contributed by atoms with Crippen molar-refractivity contribution in [1.82, 2.24) is 15.5 Å². The highest BCUT2D eigenvalue weighted by atomic mass is 16.3. The Bertz CT molecular complexity index is 497. The maximum Gasteiger partial charge on any atom is 0.315 e. The second-order valence-electron chi connectivity index (χ2n) is 6.71. The number of aliphatic hydroxyl groups excluding tert-OH is 1. The lowest BCUT2D eigenvalue weighted by molar-refractivity contribution is 0.155. The Labute approximate surface area is 132 Å². The van der Waals surface area contributed by atoms with Crippen molar-refractivity contribution in [2.75, 3.05) is 20.7 Å². The van der Waals surface area contributed by atoms with Crippen LogP contribution in [0.5, 0.6) is 0 Å². The van der Waals surface area contributed by atoms with Crippen molar-refractivity contribution in [2.24, 2.45) is 5.92 Å². The first-order valence-electron chi connectivity index (χ1n) is 7.82. The fourth-order valence-electron chi connectivity index (χ4n) is 2.60. The summed E-state index contributed by atoms with van der Waals surface area (Å²) in [6, 6.07) is 8.01. The first-order chi connectivity index (χ1) is 10.4. The van der Waals surface area contributed by atoms with Gasteiger partial charge >= 0.3 is 6.03 Å². The highest BCUT2D eigenvalue weighted by molar-refractivity contribution is 5.74. The first kappa shape index (κ1) is 16.8. The second kappa shape index (κ2) is 7.11. The molecule has 0 aromatic heterocycles. The summed E-state index contributed by atoms with van der Waals surface area (Å²) >= 11 is 0. The molecule has 2 rings (SSSR count). The fraction of sp³-hybridized carbons (Fsp3) is 0.588. The topological polar surface area (TPSA) is 64.6 Å². The van der Waals surface area contributed by atoms with Gasteiger partial charge in [-0.3, -0.25) is 0 Å². The summed E-state index contributed by atoms with van der Waals surface area (Å²) in [5.74, 6) is 0.397. The van der Waals surface area contributed by atoms with Crippen LogP contribution in [-0.2, 0) is 13.1 Å². The summed E-state index contributed by atoms with van der Waals surface area (Å²) in [4.78, 5) is 14.1. The van der Waals surface area contributed by atoms with Gasteiger partial charge in [0.1, 0.15) is 0 Å². The van der Waals surface area contributed by atoms with E-state index in [-0.39, 0.29) is 12.6 Å². The minimum absolute atomic E-state index is 0.0235. The van der Waals surface area contributed by atoms with Crippen LogP contribution in [0.4, 0.5) is 4.79 Å². The molecule has 1 atom stereocenters. The van der Waals surface area contributed by atoms with Crippen LogP contribution < -0.4 is 10.6 Å². The zero-order valence-electron chi connectivity index (χ0n) is 13.7. The molecule has 1 unspecified atom stereocenters. The smallest absolute Gasteiger partial charge is 0.315 e. The zero-order chi connectivity index (χ0) is 16.2. The van der Waals surface area contributed by atoms with E-state index >= 15 is 0 Å². The number of urea groups is 1. The molecule has 1 aromatic carbocycles. The lowest BCUT2D eigenvalue weighted by atomic mass is 9.97. The summed E-state index contributed by atoms with van der Waals surface area (Å²) < 4.78 is 0. The highest BCUT2D eigenvalue weighted by Crippen LogP contribution is 2.39. The van der Waals surface area contributed by atoms with Crippen molar-refractivity contribution in [3.8, 4) is 0 Å². The fourth-order valence-corrected chi connectivity index (χ4v) is 2.60. The van der Waals surface area contributed by atoms with E-state index in [0.29, 0.717) is 12.5 Å². The van der Waals surface area contributed by atoms with Crippen molar-refractivity contribution in [3.05, 3.63) is 35.4 Å².